The fraction of sp³-hybridized carbons (Fsp3) is 0.250. The maximum Gasteiger partial charge on any atom is 0.231 e. The van der Waals surface area contributed by atoms with Crippen molar-refractivity contribution in [3.05, 3.63) is 47.1 Å². The highest BCUT2D eigenvalue weighted by Crippen LogP contribution is 2.34. The number of hydrogen-bond donors (Lipinski definition) is 0. The number of rotatable bonds is 3. The van der Waals surface area contributed by atoms with Gasteiger partial charge < -0.3 is 9.64 Å². The number of halogens is 1. The minimum Gasteiger partial charge on any atom is -0.496 e. The number of anilines is 1. The van der Waals surface area contributed by atoms with Crippen LogP contribution < -0.4 is 9.64 Å². The van der Waals surface area contributed by atoms with Crippen molar-refractivity contribution in [3.8, 4) is 5.75 Å². The Morgan fingerprint density at radius 1 is 1.41 bits per heavy atom. The first-order chi connectivity index (χ1) is 10.7. The molecule has 1 aromatic heterocycles. The number of pyridine rings is 1. The molecule has 0 saturated heterocycles. The van der Waals surface area contributed by atoms with Gasteiger partial charge in [0.25, 0.3) is 0 Å². The molecule has 0 aliphatic carbocycles. The first kappa shape index (κ1) is 15.2. The topological polar surface area (TPSA) is 42.4 Å². The number of ether oxygens (including phenoxy) is 1. The molecule has 0 saturated carbocycles. The third-order valence-electron chi connectivity index (χ3n) is 3.52. The zero-order chi connectivity index (χ0) is 15.5. The number of carbonyl (C=O) groups is 1. The molecule has 0 fully saturated rings. The van der Waals surface area contributed by atoms with Gasteiger partial charge in [-0.15, -0.1) is 11.8 Å². The molecule has 0 atom stereocenters. The molecule has 0 N–H and O–H groups in total. The zero-order valence-corrected chi connectivity index (χ0v) is 13.7. The summed E-state index contributed by atoms with van der Waals surface area (Å²) in [6, 6.07) is 9.17. The van der Waals surface area contributed by atoms with Gasteiger partial charge >= 0.3 is 0 Å². The molecule has 1 aliphatic rings. The average molecular weight is 335 g/mol. The largest absolute Gasteiger partial charge is 0.496 e. The Bertz CT molecular complexity index is 708. The smallest absolute Gasteiger partial charge is 0.231 e. The van der Waals surface area contributed by atoms with Crippen molar-refractivity contribution in [2.75, 3.05) is 24.3 Å². The van der Waals surface area contributed by atoms with Crippen LogP contribution in [0.25, 0.3) is 0 Å². The van der Waals surface area contributed by atoms with E-state index in [1.54, 1.807) is 36.0 Å². The maximum absolute atomic E-state index is 12.7. The third-order valence-corrected chi connectivity index (χ3v) is 4.85. The number of amides is 1. The zero-order valence-electron chi connectivity index (χ0n) is 12.1. The molecule has 2 heterocycles. The molecule has 1 aliphatic heterocycles. The van der Waals surface area contributed by atoms with E-state index in [4.69, 9.17) is 16.3 Å². The van der Waals surface area contributed by atoms with Gasteiger partial charge in [0, 0.05) is 29.1 Å². The van der Waals surface area contributed by atoms with Gasteiger partial charge in [0.1, 0.15) is 10.8 Å². The van der Waals surface area contributed by atoms with E-state index in [2.05, 4.69) is 4.98 Å². The fourth-order valence-electron chi connectivity index (χ4n) is 2.46. The van der Waals surface area contributed by atoms with Crippen LogP contribution in [-0.4, -0.2) is 30.3 Å². The van der Waals surface area contributed by atoms with Crippen molar-refractivity contribution in [3.63, 3.8) is 0 Å². The summed E-state index contributed by atoms with van der Waals surface area (Å²) in [5.41, 5.74) is 1.59. The summed E-state index contributed by atoms with van der Waals surface area (Å²) in [5, 5.41) is 1.44. The Morgan fingerprint density at radius 2 is 2.27 bits per heavy atom. The van der Waals surface area contributed by atoms with E-state index in [0.29, 0.717) is 17.3 Å². The van der Waals surface area contributed by atoms with Gasteiger partial charge in [-0.1, -0.05) is 17.7 Å². The minimum absolute atomic E-state index is 0.000880. The van der Waals surface area contributed by atoms with Crippen LogP contribution in [0.15, 0.2) is 41.6 Å². The first-order valence-electron chi connectivity index (χ1n) is 6.90. The monoisotopic (exact) mass is 334 g/mol. The number of thioether (sulfide) groups is 1. The van der Waals surface area contributed by atoms with Gasteiger partial charge in [-0.05, 0) is 24.3 Å². The van der Waals surface area contributed by atoms with Gasteiger partial charge in [0.05, 0.1) is 19.2 Å². The second-order valence-corrected chi connectivity index (χ2v) is 6.31. The Labute approximate surface area is 138 Å². The SMILES string of the molecule is COc1cccc(Cl)c1CC(=O)N1CCSc2ncccc21. The number of hydrogen-bond acceptors (Lipinski definition) is 4. The molecule has 1 aromatic carbocycles. The predicted octanol–water partition coefficient (Wildman–Crippen LogP) is 3.43. The number of nitrogens with zero attached hydrogens (tertiary/aromatic N) is 2. The average Bonchev–Trinajstić information content (AvgIpc) is 2.56. The normalized spacial score (nSPS) is 13.6. The lowest BCUT2D eigenvalue weighted by Gasteiger charge is -2.28. The second-order valence-electron chi connectivity index (χ2n) is 4.82. The lowest BCUT2D eigenvalue weighted by atomic mass is 10.1. The van der Waals surface area contributed by atoms with Gasteiger partial charge in [0.15, 0.2) is 0 Å². The van der Waals surface area contributed by atoms with Crippen LogP contribution >= 0.6 is 23.4 Å². The number of benzene rings is 1. The Hall–Kier alpha value is -1.72. The standard InChI is InChI=1S/C16H15ClN2O2S/c1-21-14-6-2-4-12(17)11(14)10-15(20)19-8-9-22-16-13(19)5-3-7-18-16/h2-7H,8-10H2,1H3. The third kappa shape index (κ3) is 2.91. The van der Waals surface area contributed by atoms with Crippen LogP contribution in [-0.2, 0) is 11.2 Å². The lowest BCUT2D eigenvalue weighted by molar-refractivity contribution is -0.118. The van der Waals surface area contributed by atoms with Crippen molar-refractivity contribution < 1.29 is 9.53 Å². The Balaban J connectivity index is 1.88. The molecule has 22 heavy (non-hydrogen) atoms. The van der Waals surface area contributed by atoms with E-state index in [0.717, 1.165) is 22.0 Å². The summed E-state index contributed by atoms with van der Waals surface area (Å²) in [7, 11) is 1.58. The summed E-state index contributed by atoms with van der Waals surface area (Å²) < 4.78 is 5.31. The molecule has 114 valence electrons. The lowest BCUT2D eigenvalue weighted by Crippen LogP contribution is -2.36. The van der Waals surface area contributed by atoms with E-state index in [1.165, 1.54) is 0 Å². The minimum atomic E-state index is 0.000880. The second kappa shape index (κ2) is 6.58. The van der Waals surface area contributed by atoms with Crippen LogP contribution in [0.2, 0.25) is 5.02 Å². The van der Waals surface area contributed by atoms with E-state index < -0.39 is 0 Å². The molecule has 2 aromatic rings. The summed E-state index contributed by atoms with van der Waals surface area (Å²) in [4.78, 5) is 18.8. The van der Waals surface area contributed by atoms with Gasteiger partial charge in [-0.25, -0.2) is 4.98 Å². The molecule has 6 heteroatoms. The highest BCUT2D eigenvalue weighted by molar-refractivity contribution is 7.99. The molecule has 0 bridgehead atoms. The molecule has 0 unspecified atom stereocenters. The summed E-state index contributed by atoms with van der Waals surface area (Å²) in [5.74, 6) is 1.48. The maximum atomic E-state index is 12.7. The first-order valence-corrected chi connectivity index (χ1v) is 8.26. The highest BCUT2D eigenvalue weighted by atomic mass is 35.5. The van der Waals surface area contributed by atoms with Gasteiger partial charge in [-0.2, -0.15) is 0 Å². The van der Waals surface area contributed by atoms with Crippen LogP contribution in [0.3, 0.4) is 0 Å². The summed E-state index contributed by atoms with van der Waals surface area (Å²) in [6.07, 6.45) is 1.96. The van der Waals surface area contributed by atoms with E-state index in [9.17, 15) is 4.79 Å². The summed E-state index contributed by atoms with van der Waals surface area (Å²) >= 11 is 7.90. The van der Waals surface area contributed by atoms with Crippen molar-refractivity contribution in [1.29, 1.82) is 0 Å². The molecule has 4 nitrogen and oxygen atoms in total. The van der Waals surface area contributed by atoms with Crippen LogP contribution in [0.1, 0.15) is 5.56 Å². The number of aromatic nitrogens is 1. The van der Waals surface area contributed by atoms with Crippen molar-refractivity contribution in [2.24, 2.45) is 0 Å². The molecule has 1 amide bonds. The van der Waals surface area contributed by atoms with E-state index >= 15 is 0 Å². The van der Waals surface area contributed by atoms with Crippen LogP contribution in [0, 0.1) is 0 Å². The van der Waals surface area contributed by atoms with Crippen LogP contribution in [0.4, 0.5) is 5.69 Å². The molecule has 0 radical (unpaired) electrons. The van der Waals surface area contributed by atoms with E-state index in [-0.39, 0.29) is 12.3 Å². The van der Waals surface area contributed by atoms with Crippen molar-refractivity contribution in [2.45, 2.75) is 11.4 Å². The fourth-order valence-corrected chi connectivity index (χ4v) is 3.62. The van der Waals surface area contributed by atoms with Crippen molar-refractivity contribution in [1.82, 2.24) is 4.98 Å². The molecular formula is C16H15ClN2O2S. The molecular weight excluding hydrogens is 320 g/mol. The number of fused-ring (bicyclic) bond motifs is 1. The van der Waals surface area contributed by atoms with E-state index in [1.807, 2.05) is 24.3 Å². The van der Waals surface area contributed by atoms with Crippen LogP contribution in [0.5, 0.6) is 5.75 Å². The molecule has 3 rings (SSSR count). The number of carbonyl (C=O) groups excluding carboxylic acids is 1. The Morgan fingerprint density at radius 3 is 3.09 bits per heavy atom. The van der Waals surface area contributed by atoms with Gasteiger partial charge in [0.2, 0.25) is 5.91 Å². The van der Waals surface area contributed by atoms with Gasteiger partial charge in [-0.3, -0.25) is 4.79 Å². The number of methoxy groups -OCH3 is 1. The predicted molar refractivity (Wildman–Crippen MR) is 89.0 cm³/mol. The summed E-state index contributed by atoms with van der Waals surface area (Å²) in [6.45, 7) is 0.676. The molecule has 0 spiro atoms. The van der Waals surface area contributed by atoms with Crippen molar-refractivity contribution >= 4 is 35.0 Å². The quantitative estimate of drug-likeness (QED) is 0.862. The Kier molecular flexibility index (Phi) is 4.55. The highest BCUT2D eigenvalue weighted by Gasteiger charge is 2.25.